The Bertz CT molecular complexity index is 923. The number of likely N-dealkylation sites (N-methyl/N-ethyl adjacent to an activating group) is 1. The number of nitrogens with zero attached hydrogens (tertiary/aromatic N) is 3. The predicted octanol–water partition coefficient (Wildman–Crippen LogP) is 5.01. The van der Waals surface area contributed by atoms with Gasteiger partial charge in [-0.3, -0.25) is 9.80 Å². The molecule has 2 heterocycles. The summed E-state index contributed by atoms with van der Waals surface area (Å²) in [6, 6.07) is 19.6. The largest absolute Gasteiger partial charge is 0.497 e. The van der Waals surface area contributed by atoms with E-state index in [9.17, 15) is 0 Å². The Labute approximate surface area is 179 Å². The molecule has 1 saturated heterocycles. The van der Waals surface area contributed by atoms with Crippen LogP contribution < -0.4 is 4.74 Å². The van der Waals surface area contributed by atoms with Crippen LogP contribution in [-0.4, -0.2) is 47.6 Å². The molecule has 0 bridgehead atoms. The van der Waals surface area contributed by atoms with Crippen molar-refractivity contribution < 1.29 is 9.15 Å². The molecule has 158 valence electrons. The highest BCUT2D eigenvalue weighted by atomic mass is 16.5. The quantitative estimate of drug-likeness (QED) is 0.527. The molecule has 1 aliphatic rings. The van der Waals surface area contributed by atoms with Crippen LogP contribution in [0, 0.1) is 0 Å². The number of aromatic nitrogens is 1. The van der Waals surface area contributed by atoms with E-state index < -0.39 is 0 Å². The number of likely N-dealkylation sites (tertiary alicyclic amines) is 1. The third kappa shape index (κ3) is 4.58. The fourth-order valence-corrected chi connectivity index (χ4v) is 4.31. The monoisotopic (exact) mass is 405 g/mol. The third-order valence-corrected chi connectivity index (χ3v) is 6.20. The number of rotatable bonds is 8. The molecular weight excluding hydrogens is 374 g/mol. The third-order valence-electron chi connectivity index (χ3n) is 6.20. The summed E-state index contributed by atoms with van der Waals surface area (Å²) in [5, 5.41) is 0. The van der Waals surface area contributed by atoms with Crippen molar-refractivity contribution in [3.05, 3.63) is 72.1 Å². The molecule has 2 aromatic carbocycles. The van der Waals surface area contributed by atoms with Crippen molar-refractivity contribution in [2.45, 2.75) is 38.9 Å². The van der Waals surface area contributed by atoms with Gasteiger partial charge in [-0.25, -0.2) is 4.98 Å². The zero-order valence-corrected chi connectivity index (χ0v) is 18.1. The van der Waals surface area contributed by atoms with E-state index in [1.165, 1.54) is 12.0 Å². The van der Waals surface area contributed by atoms with Crippen LogP contribution >= 0.6 is 0 Å². The van der Waals surface area contributed by atoms with E-state index >= 15 is 0 Å². The summed E-state index contributed by atoms with van der Waals surface area (Å²) in [7, 11) is 1.67. The van der Waals surface area contributed by atoms with E-state index in [0.29, 0.717) is 18.0 Å². The van der Waals surface area contributed by atoms with Gasteiger partial charge in [-0.15, -0.1) is 0 Å². The lowest BCUT2D eigenvalue weighted by Crippen LogP contribution is -2.37. The molecule has 5 heteroatoms. The minimum absolute atomic E-state index is 0.448. The Morgan fingerprint density at radius 1 is 1.17 bits per heavy atom. The Hall–Kier alpha value is -2.63. The standard InChI is InChI=1S/C25H31N3O2/c1-4-27(23-14-15-28(17-23)19(2)20-8-6-5-7-9-20)16-22-18-30-25(26-22)21-10-12-24(29-3)13-11-21/h5-13,18-19,23H,4,14-17H2,1-3H3. The van der Waals surface area contributed by atoms with E-state index in [1.807, 2.05) is 24.3 Å². The molecule has 5 nitrogen and oxygen atoms in total. The van der Waals surface area contributed by atoms with E-state index in [4.69, 9.17) is 14.1 Å². The van der Waals surface area contributed by atoms with Gasteiger partial charge in [0.2, 0.25) is 5.89 Å². The average molecular weight is 406 g/mol. The molecule has 2 atom stereocenters. The van der Waals surface area contributed by atoms with Gasteiger partial charge in [-0.1, -0.05) is 37.3 Å². The molecule has 1 aromatic heterocycles. The fraction of sp³-hybridized carbons (Fsp3) is 0.400. The van der Waals surface area contributed by atoms with Crippen LogP contribution in [0.4, 0.5) is 0 Å². The van der Waals surface area contributed by atoms with Gasteiger partial charge in [0.25, 0.3) is 0 Å². The summed E-state index contributed by atoms with van der Waals surface area (Å²) >= 11 is 0. The van der Waals surface area contributed by atoms with Gasteiger partial charge >= 0.3 is 0 Å². The van der Waals surface area contributed by atoms with Gasteiger partial charge in [-0.05, 0) is 49.7 Å². The Morgan fingerprint density at radius 2 is 1.93 bits per heavy atom. The van der Waals surface area contributed by atoms with Crippen molar-refractivity contribution in [3.8, 4) is 17.2 Å². The minimum atomic E-state index is 0.448. The van der Waals surface area contributed by atoms with Gasteiger partial charge in [-0.2, -0.15) is 0 Å². The van der Waals surface area contributed by atoms with Crippen molar-refractivity contribution in [2.75, 3.05) is 26.7 Å². The first-order valence-electron chi connectivity index (χ1n) is 10.8. The first-order valence-corrected chi connectivity index (χ1v) is 10.8. The van der Waals surface area contributed by atoms with Crippen LogP contribution in [0.2, 0.25) is 0 Å². The molecule has 1 aliphatic heterocycles. The van der Waals surface area contributed by atoms with Crippen molar-refractivity contribution in [1.29, 1.82) is 0 Å². The molecule has 0 N–H and O–H groups in total. The highest BCUT2D eigenvalue weighted by molar-refractivity contribution is 5.54. The van der Waals surface area contributed by atoms with Gasteiger partial charge in [0.05, 0.1) is 12.8 Å². The summed E-state index contributed by atoms with van der Waals surface area (Å²) in [6.45, 7) is 8.58. The van der Waals surface area contributed by atoms with Gasteiger partial charge < -0.3 is 9.15 Å². The lowest BCUT2D eigenvalue weighted by Gasteiger charge is -2.29. The second kappa shape index (κ2) is 9.45. The smallest absolute Gasteiger partial charge is 0.226 e. The number of hydrogen-bond acceptors (Lipinski definition) is 5. The molecule has 0 saturated carbocycles. The molecule has 0 amide bonds. The van der Waals surface area contributed by atoms with Crippen molar-refractivity contribution in [3.63, 3.8) is 0 Å². The number of ether oxygens (including phenoxy) is 1. The molecule has 30 heavy (non-hydrogen) atoms. The minimum Gasteiger partial charge on any atom is -0.497 e. The maximum atomic E-state index is 5.76. The summed E-state index contributed by atoms with van der Waals surface area (Å²) in [5.41, 5.74) is 3.34. The molecule has 1 fully saturated rings. The number of oxazole rings is 1. The molecule has 4 rings (SSSR count). The predicted molar refractivity (Wildman–Crippen MR) is 119 cm³/mol. The fourth-order valence-electron chi connectivity index (χ4n) is 4.31. The number of hydrogen-bond donors (Lipinski definition) is 0. The van der Waals surface area contributed by atoms with Crippen molar-refractivity contribution in [2.24, 2.45) is 0 Å². The highest BCUT2D eigenvalue weighted by Gasteiger charge is 2.30. The van der Waals surface area contributed by atoms with E-state index in [0.717, 1.165) is 43.2 Å². The van der Waals surface area contributed by atoms with Crippen LogP contribution in [-0.2, 0) is 6.54 Å². The van der Waals surface area contributed by atoms with Crippen LogP contribution in [0.1, 0.15) is 37.6 Å². The van der Waals surface area contributed by atoms with E-state index in [-0.39, 0.29) is 0 Å². The second-order valence-corrected chi connectivity index (χ2v) is 7.96. The Morgan fingerprint density at radius 3 is 2.63 bits per heavy atom. The maximum Gasteiger partial charge on any atom is 0.226 e. The number of benzene rings is 2. The van der Waals surface area contributed by atoms with Crippen LogP contribution in [0.3, 0.4) is 0 Å². The first kappa shape index (κ1) is 20.6. The maximum absolute atomic E-state index is 5.76. The molecule has 0 aliphatic carbocycles. The highest BCUT2D eigenvalue weighted by Crippen LogP contribution is 2.28. The normalized spacial score (nSPS) is 18.1. The van der Waals surface area contributed by atoms with Crippen LogP contribution in [0.5, 0.6) is 5.75 Å². The lowest BCUT2D eigenvalue weighted by atomic mass is 10.1. The van der Waals surface area contributed by atoms with E-state index in [2.05, 4.69) is 54.0 Å². The summed E-state index contributed by atoms with van der Waals surface area (Å²) < 4.78 is 11.0. The first-order chi connectivity index (χ1) is 14.7. The topological polar surface area (TPSA) is 41.7 Å². The Kier molecular flexibility index (Phi) is 6.50. The zero-order valence-electron chi connectivity index (χ0n) is 18.1. The number of methoxy groups -OCH3 is 1. The van der Waals surface area contributed by atoms with Crippen molar-refractivity contribution >= 4 is 0 Å². The van der Waals surface area contributed by atoms with Gasteiger partial charge in [0.1, 0.15) is 12.0 Å². The van der Waals surface area contributed by atoms with E-state index in [1.54, 1.807) is 13.4 Å². The molecular formula is C25H31N3O2. The van der Waals surface area contributed by atoms with Crippen molar-refractivity contribution in [1.82, 2.24) is 14.8 Å². The molecule has 0 spiro atoms. The SMILES string of the molecule is CCN(Cc1coc(-c2ccc(OC)cc2)n1)C1CCN(C(C)c2ccccc2)C1. The second-order valence-electron chi connectivity index (χ2n) is 7.96. The molecule has 2 unspecified atom stereocenters. The Balaban J connectivity index is 1.38. The van der Waals surface area contributed by atoms with Gasteiger partial charge in [0, 0.05) is 37.3 Å². The zero-order chi connectivity index (χ0) is 20.9. The molecule has 0 radical (unpaired) electrons. The lowest BCUT2D eigenvalue weighted by molar-refractivity contribution is 0.178. The summed E-state index contributed by atoms with van der Waals surface area (Å²) in [6.07, 6.45) is 2.98. The average Bonchev–Trinajstić information content (AvgIpc) is 3.48. The van der Waals surface area contributed by atoms with Crippen LogP contribution in [0.15, 0.2) is 65.3 Å². The van der Waals surface area contributed by atoms with Crippen LogP contribution in [0.25, 0.3) is 11.5 Å². The molecule has 3 aromatic rings. The summed E-state index contributed by atoms with van der Waals surface area (Å²) in [5.74, 6) is 1.49. The van der Waals surface area contributed by atoms with Gasteiger partial charge in [0.15, 0.2) is 0 Å². The summed E-state index contributed by atoms with van der Waals surface area (Å²) in [4.78, 5) is 9.85.